The number of aromatic nitrogens is 1. The van der Waals surface area contributed by atoms with Gasteiger partial charge in [0.1, 0.15) is 5.82 Å². The number of amides is 1. The van der Waals surface area contributed by atoms with Crippen LogP contribution in [0.2, 0.25) is 0 Å². The summed E-state index contributed by atoms with van der Waals surface area (Å²) in [6.07, 6.45) is 0.861. The molecule has 1 aromatic carbocycles. The van der Waals surface area contributed by atoms with E-state index in [-0.39, 0.29) is 11.5 Å². The van der Waals surface area contributed by atoms with Gasteiger partial charge in [0, 0.05) is 18.3 Å². The van der Waals surface area contributed by atoms with Gasteiger partial charge in [0.25, 0.3) is 5.91 Å². The van der Waals surface area contributed by atoms with Crippen LogP contribution in [-0.2, 0) is 13.0 Å². The van der Waals surface area contributed by atoms with Crippen LogP contribution in [0.15, 0.2) is 28.8 Å². The van der Waals surface area contributed by atoms with Gasteiger partial charge in [-0.25, -0.2) is 10.2 Å². The number of hydrogen-bond acceptors (Lipinski definition) is 5. The smallest absolute Gasteiger partial charge is 0.287 e. The largest absolute Gasteiger partial charge is 0.363 e. The summed E-state index contributed by atoms with van der Waals surface area (Å²) in [5, 5.41) is 3.63. The summed E-state index contributed by atoms with van der Waals surface area (Å²) < 4.78 is 18.4. The standard InChI is InChI=1S/C13H13FN4O2/c14-9-2-1-8-3-4-18(12(8)5-9)7-10-6-11(17-20-10)13(19)16-15/h1-2,5-6H,3-4,7,15H2,(H,16,19). The number of fused-ring (bicyclic) bond motifs is 1. The number of nitrogen functional groups attached to an aromatic ring is 1. The highest BCUT2D eigenvalue weighted by atomic mass is 19.1. The van der Waals surface area contributed by atoms with E-state index in [1.165, 1.54) is 18.2 Å². The second kappa shape index (κ2) is 4.93. The van der Waals surface area contributed by atoms with Crippen LogP contribution in [-0.4, -0.2) is 17.6 Å². The van der Waals surface area contributed by atoms with Crippen molar-refractivity contribution in [1.82, 2.24) is 10.6 Å². The van der Waals surface area contributed by atoms with Crippen molar-refractivity contribution >= 4 is 11.6 Å². The molecule has 0 atom stereocenters. The number of hydrazine groups is 1. The van der Waals surface area contributed by atoms with Crippen LogP contribution >= 0.6 is 0 Å². The highest BCUT2D eigenvalue weighted by molar-refractivity contribution is 5.91. The van der Waals surface area contributed by atoms with Crippen LogP contribution in [0.4, 0.5) is 10.1 Å². The van der Waals surface area contributed by atoms with Crippen molar-refractivity contribution in [3.63, 3.8) is 0 Å². The quantitative estimate of drug-likeness (QED) is 0.496. The molecule has 6 nitrogen and oxygen atoms in total. The predicted octanol–water partition coefficient (Wildman–Crippen LogP) is 0.980. The molecule has 0 saturated carbocycles. The van der Waals surface area contributed by atoms with Crippen molar-refractivity contribution < 1.29 is 13.7 Å². The molecule has 2 aromatic rings. The van der Waals surface area contributed by atoms with Crippen LogP contribution in [0.3, 0.4) is 0 Å². The molecule has 0 radical (unpaired) electrons. The highest BCUT2D eigenvalue weighted by Gasteiger charge is 2.21. The molecule has 104 valence electrons. The second-order valence-corrected chi connectivity index (χ2v) is 4.60. The topological polar surface area (TPSA) is 84.4 Å². The van der Waals surface area contributed by atoms with Gasteiger partial charge in [-0.05, 0) is 24.1 Å². The zero-order chi connectivity index (χ0) is 14.1. The Balaban J connectivity index is 1.79. The van der Waals surface area contributed by atoms with E-state index >= 15 is 0 Å². The first-order valence-electron chi connectivity index (χ1n) is 6.17. The Labute approximate surface area is 114 Å². The molecule has 7 heteroatoms. The number of rotatable bonds is 3. The van der Waals surface area contributed by atoms with Crippen LogP contribution in [0.25, 0.3) is 0 Å². The molecule has 0 aliphatic carbocycles. The lowest BCUT2D eigenvalue weighted by Gasteiger charge is -2.17. The Morgan fingerprint density at radius 1 is 1.50 bits per heavy atom. The van der Waals surface area contributed by atoms with E-state index in [0.717, 1.165) is 24.2 Å². The first-order valence-corrected chi connectivity index (χ1v) is 6.17. The molecule has 0 bridgehead atoms. The molecule has 1 aliphatic heterocycles. The molecule has 0 spiro atoms. The molecule has 20 heavy (non-hydrogen) atoms. The number of nitrogens with two attached hydrogens (primary N) is 1. The number of nitrogens with zero attached hydrogens (tertiary/aromatic N) is 2. The second-order valence-electron chi connectivity index (χ2n) is 4.60. The molecule has 2 heterocycles. The minimum Gasteiger partial charge on any atom is -0.363 e. The van der Waals surface area contributed by atoms with E-state index in [2.05, 4.69) is 5.16 Å². The average Bonchev–Trinajstić information content (AvgIpc) is 3.06. The van der Waals surface area contributed by atoms with E-state index in [9.17, 15) is 9.18 Å². The summed E-state index contributed by atoms with van der Waals surface area (Å²) >= 11 is 0. The SMILES string of the molecule is NNC(=O)c1cc(CN2CCc3ccc(F)cc32)on1. The lowest BCUT2D eigenvalue weighted by molar-refractivity contribution is 0.0944. The van der Waals surface area contributed by atoms with Gasteiger partial charge in [-0.15, -0.1) is 0 Å². The predicted molar refractivity (Wildman–Crippen MR) is 69.3 cm³/mol. The fourth-order valence-corrected chi connectivity index (χ4v) is 2.34. The Bertz CT molecular complexity index is 656. The maximum Gasteiger partial charge on any atom is 0.287 e. The first-order chi connectivity index (χ1) is 9.67. The van der Waals surface area contributed by atoms with E-state index in [0.29, 0.717) is 12.3 Å². The van der Waals surface area contributed by atoms with Gasteiger partial charge in [-0.3, -0.25) is 10.2 Å². The highest BCUT2D eigenvalue weighted by Crippen LogP contribution is 2.30. The molecular weight excluding hydrogens is 263 g/mol. The molecule has 3 rings (SSSR count). The zero-order valence-corrected chi connectivity index (χ0v) is 10.6. The summed E-state index contributed by atoms with van der Waals surface area (Å²) in [6.45, 7) is 1.21. The maximum atomic E-state index is 13.3. The fraction of sp³-hybridized carbons (Fsp3) is 0.231. The zero-order valence-electron chi connectivity index (χ0n) is 10.6. The minimum atomic E-state index is -0.507. The molecule has 0 saturated heterocycles. The monoisotopic (exact) mass is 276 g/mol. The molecule has 1 aliphatic rings. The summed E-state index contributed by atoms with van der Waals surface area (Å²) in [6, 6.07) is 6.28. The number of carbonyl (C=O) groups excluding carboxylic acids is 1. The van der Waals surface area contributed by atoms with E-state index < -0.39 is 5.91 Å². The third kappa shape index (κ3) is 2.23. The lowest BCUT2D eigenvalue weighted by atomic mass is 10.2. The molecular formula is C13H13FN4O2. The summed E-state index contributed by atoms with van der Waals surface area (Å²) in [5.74, 6) is 4.78. The number of halogens is 1. The number of hydrogen-bond donors (Lipinski definition) is 2. The summed E-state index contributed by atoms with van der Waals surface area (Å²) in [5.41, 5.74) is 4.07. The van der Waals surface area contributed by atoms with Gasteiger partial charge in [0.05, 0.1) is 6.54 Å². The van der Waals surface area contributed by atoms with Crippen molar-refractivity contribution in [2.45, 2.75) is 13.0 Å². The van der Waals surface area contributed by atoms with Crippen LogP contribution in [0.5, 0.6) is 0 Å². The van der Waals surface area contributed by atoms with Crippen LogP contribution < -0.4 is 16.2 Å². The van der Waals surface area contributed by atoms with E-state index in [4.69, 9.17) is 10.4 Å². The van der Waals surface area contributed by atoms with Crippen molar-refractivity contribution in [3.05, 3.63) is 47.1 Å². The van der Waals surface area contributed by atoms with Crippen molar-refractivity contribution in [3.8, 4) is 0 Å². The van der Waals surface area contributed by atoms with Gasteiger partial charge in [-0.1, -0.05) is 11.2 Å². The van der Waals surface area contributed by atoms with Crippen molar-refractivity contribution in [2.75, 3.05) is 11.4 Å². The van der Waals surface area contributed by atoms with Gasteiger partial charge in [0.15, 0.2) is 11.5 Å². The summed E-state index contributed by atoms with van der Waals surface area (Å²) in [4.78, 5) is 13.3. The van der Waals surface area contributed by atoms with Crippen molar-refractivity contribution in [2.24, 2.45) is 5.84 Å². The van der Waals surface area contributed by atoms with E-state index in [1.807, 2.05) is 10.3 Å². The number of anilines is 1. The Kier molecular flexibility index (Phi) is 3.11. The normalized spacial score (nSPS) is 13.4. The number of carbonyl (C=O) groups is 1. The van der Waals surface area contributed by atoms with E-state index in [1.54, 1.807) is 6.07 Å². The first kappa shape index (κ1) is 12.6. The Morgan fingerprint density at radius 3 is 3.15 bits per heavy atom. The average molecular weight is 276 g/mol. The third-order valence-electron chi connectivity index (χ3n) is 3.31. The van der Waals surface area contributed by atoms with Gasteiger partial charge in [0.2, 0.25) is 0 Å². The van der Waals surface area contributed by atoms with Crippen LogP contribution in [0.1, 0.15) is 21.8 Å². The number of benzene rings is 1. The van der Waals surface area contributed by atoms with Crippen molar-refractivity contribution in [1.29, 1.82) is 0 Å². The van der Waals surface area contributed by atoms with Gasteiger partial charge < -0.3 is 9.42 Å². The molecule has 3 N–H and O–H groups in total. The van der Waals surface area contributed by atoms with Gasteiger partial charge >= 0.3 is 0 Å². The lowest BCUT2D eigenvalue weighted by Crippen LogP contribution is -2.30. The van der Waals surface area contributed by atoms with Gasteiger partial charge in [-0.2, -0.15) is 0 Å². The Morgan fingerprint density at radius 2 is 2.35 bits per heavy atom. The summed E-state index contributed by atoms with van der Waals surface area (Å²) in [7, 11) is 0. The third-order valence-corrected chi connectivity index (χ3v) is 3.31. The Hall–Kier alpha value is -2.41. The fourth-order valence-electron chi connectivity index (χ4n) is 2.34. The maximum absolute atomic E-state index is 13.3. The molecule has 1 amide bonds. The molecule has 0 fully saturated rings. The number of nitrogens with one attached hydrogen (secondary N) is 1. The minimum absolute atomic E-state index is 0.126. The van der Waals surface area contributed by atoms with Crippen LogP contribution in [0, 0.1) is 5.82 Å². The molecule has 1 aromatic heterocycles. The molecule has 0 unspecified atom stereocenters.